The summed E-state index contributed by atoms with van der Waals surface area (Å²) in [4.78, 5) is 9.74. The van der Waals surface area contributed by atoms with Crippen LogP contribution >= 0.6 is 0 Å². The lowest BCUT2D eigenvalue weighted by molar-refractivity contribution is -0.183. The normalized spacial score (nSPS) is 12.8. The summed E-state index contributed by atoms with van der Waals surface area (Å²) in [5.41, 5.74) is -2.45. The Kier molecular flexibility index (Phi) is 2.37. The molecule has 0 saturated heterocycles. The van der Waals surface area contributed by atoms with Gasteiger partial charge >= 0.3 is 12.3 Å². The minimum absolute atomic E-state index is 0.711. The predicted molar refractivity (Wildman–Crippen MR) is 29.4 cm³/mol. The lowest BCUT2D eigenvalue weighted by Crippen LogP contribution is -2.53. The van der Waals surface area contributed by atoms with E-state index in [4.69, 9.17) is 0 Å². The van der Waals surface area contributed by atoms with Gasteiger partial charge in [0, 0.05) is 0 Å². The van der Waals surface area contributed by atoms with Gasteiger partial charge in [0.1, 0.15) is 5.54 Å². The highest BCUT2D eigenvalue weighted by molar-refractivity contribution is 5.65. The maximum absolute atomic E-state index is 11.8. The van der Waals surface area contributed by atoms with Gasteiger partial charge in [0.15, 0.2) is 0 Å². The molecule has 0 spiro atoms. The molecule has 1 amide bonds. The monoisotopic (exact) mass is 170 g/mol. The first-order chi connectivity index (χ1) is 4.67. The molecule has 1 radical (unpaired) electrons. The van der Waals surface area contributed by atoms with Gasteiger partial charge in [-0.25, -0.2) is 9.90 Å². The molecule has 0 aliphatic heterocycles. The summed E-state index contributed by atoms with van der Waals surface area (Å²) >= 11 is 0. The molecule has 0 saturated carbocycles. The van der Waals surface area contributed by atoms with E-state index in [0.29, 0.717) is 13.8 Å². The number of carbonyl (C=O) groups is 1. The number of hydrogen-bond acceptors (Lipinski definition) is 1. The number of nitrogens with one attached hydrogen (secondary N) is 1. The largest absolute Gasteiger partial charge is 0.451 e. The smallest absolute Gasteiger partial charge is 0.304 e. The molecular formula is C5H7F3NO2. The third-order valence-corrected chi connectivity index (χ3v) is 1.12. The second kappa shape index (κ2) is 2.60. The topological polar surface area (TPSA) is 49.0 Å². The molecule has 0 heterocycles. The van der Waals surface area contributed by atoms with Crippen molar-refractivity contribution >= 4 is 6.09 Å². The quantitative estimate of drug-likeness (QED) is 0.636. The van der Waals surface area contributed by atoms with Crippen molar-refractivity contribution < 1.29 is 23.1 Å². The van der Waals surface area contributed by atoms with E-state index in [-0.39, 0.29) is 0 Å². The molecule has 0 atom stereocenters. The summed E-state index contributed by atoms with van der Waals surface area (Å²) in [6.07, 6.45) is -6.54. The summed E-state index contributed by atoms with van der Waals surface area (Å²) in [7, 11) is 0. The van der Waals surface area contributed by atoms with Gasteiger partial charge in [-0.05, 0) is 13.8 Å². The molecule has 11 heavy (non-hydrogen) atoms. The molecule has 65 valence electrons. The number of halogens is 3. The third kappa shape index (κ3) is 2.65. The standard InChI is InChI=1S/C5H7F3NO2/c1-4(2,5(6,7)8)9-3(10)11/h9H,1-2H3. The van der Waals surface area contributed by atoms with E-state index in [1.54, 1.807) is 0 Å². The Bertz CT molecular complexity index is 164. The second-order valence-corrected chi connectivity index (χ2v) is 2.54. The second-order valence-electron chi connectivity index (χ2n) is 2.54. The van der Waals surface area contributed by atoms with Crippen molar-refractivity contribution in [2.75, 3.05) is 0 Å². The lowest BCUT2D eigenvalue weighted by atomic mass is 10.1. The molecule has 1 N–H and O–H groups in total. The molecule has 0 unspecified atom stereocenters. The Balaban J connectivity index is 4.34. The number of hydrogen-bond donors (Lipinski definition) is 1. The van der Waals surface area contributed by atoms with Crippen LogP contribution in [0.3, 0.4) is 0 Å². The van der Waals surface area contributed by atoms with Crippen LogP contribution in [0, 0.1) is 0 Å². The van der Waals surface area contributed by atoms with E-state index in [9.17, 15) is 23.1 Å². The van der Waals surface area contributed by atoms with Crippen molar-refractivity contribution in [3.05, 3.63) is 0 Å². The molecule has 3 nitrogen and oxygen atoms in total. The van der Waals surface area contributed by atoms with Gasteiger partial charge in [0.05, 0.1) is 0 Å². The molecule has 0 aliphatic rings. The molecule has 6 heteroatoms. The van der Waals surface area contributed by atoms with Crippen LogP contribution in [0.25, 0.3) is 0 Å². The van der Waals surface area contributed by atoms with Gasteiger partial charge < -0.3 is 5.32 Å². The van der Waals surface area contributed by atoms with Gasteiger partial charge in [-0.15, -0.1) is 0 Å². The predicted octanol–water partition coefficient (Wildman–Crippen LogP) is 1.47. The zero-order valence-electron chi connectivity index (χ0n) is 5.95. The first-order valence-corrected chi connectivity index (χ1v) is 2.73. The van der Waals surface area contributed by atoms with Gasteiger partial charge in [-0.2, -0.15) is 13.2 Å². The maximum Gasteiger partial charge on any atom is 0.451 e. The molecule has 0 bridgehead atoms. The first-order valence-electron chi connectivity index (χ1n) is 2.73. The van der Waals surface area contributed by atoms with Crippen LogP contribution in [0.5, 0.6) is 0 Å². The van der Waals surface area contributed by atoms with Crippen LogP contribution in [-0.2, 0) is 5.11 Å². The van der Waals surface area contributed by atoms with E-state index in [1.807, 2.05) is 0 Å². The van der Waals surface area contributed by atoms with Crippen LogP contribution in [0.1, 0.15) is 13.8 Å². The lowest BCUT2D eigenvalue weighted by Gasteiger charge is -2.26. The molecular weight excluding hydrogens is 163 g/mol. The SMILES string of the molecule is CC(C)(NC([O])=O)C(F)(F)F. The van der Waals surface area contributed by atoms with Crippen molar-refractivity contribution in [1.82, 2.24) is 5.32 Å². The number of rotatable bonds is 1. The molecule has 0 aromatic carbocycles. The van der Waals surface area contributed by atoms with E-state index < -0.39 is 17.8 Å². The average molecular weight is 170 g/mol. The number of amides is 1. The van der Waals surface area contributed by atoms with Gasteiger partial charge in [-0.3, -0.25) is 0 Å². The molecule has 0 aromatic heterocycles. The van der Waals surface area contributed by atoms with E-state index in [2.05, 4.69) is 0 Å². The Hall–Kier alpha value is -0.940. The average Bonchev–Trinajstić information content (AvgIpc) is 1.56. The van der Waals surface area contributed by atoms with Crippen LogP contribution in [-0.4, -0.2) is 17.8 Å². The molecule has 0 rings (SSSR count). The highest BCUT2D eigenvalue weighted by atomic mass is 19.4. The fourth-order valence-electron chi connectivity index (χ4n) is 0.326. The van der Waals surface area contributed by atoms with Crippen molar-refractivity contribution in [1.29, 1.82) is 0 Å². The zero-order chi connectivity index (χ0) is 9.28. The number of carbonyl (C=O) groups excluding carboxylic acids is 1. The molecule has 0 fully saturated rings. The Labute approximate surface area is 61.2 Å². The van der Waals surface area contributed by atoms with E-state index in [1.165, 1.54) is 5.32 Å². The minimum Gasteiger partial charge on any atom is -0.304 e. The first kappa shape index (κ1) is 10.1. The van der Waals surface area contributed by atoms with Crippen molar-refractivity contribution in [2.45, 2.75) is 25.6 Å². The Morgan fingerprint density at radius 1 is 1.27 bits per heavy atom. The fourth-order valence-corrected chi connectivity index (χ4v) is 0.326. The molecule has 0 aliphatic carbocycles. The zero-order valence-corrected chi connectivity index (χ0v) is 5.95. The summed E-state index contributed by atoms with van der Waals surface area (Å²) < 4.78 is 35.5. The van der Waals surface area contributed by atoms with Crippen LogP contribution in [0.4, 0.5) is 18.0 Å². The number of alkyl halides is 3. The van der Waals surface area contributed by atoms with Gasteiger partial charge in [-0.1, -0.05) is 0 Å². The summed E-state index contributed by atoms with van der Waals surface area (Å²) in [6, 6.07) is 0. The summed E-state index contributed by atoms with van der Waals surface area (Å²) in [5, 5.41) is 11.0. The fraction of sp³-hybridized carbons (Fsp3) is 0.800. The van der Waals surface area contributed by atoms with Crippen molar-refractivity contribution in [3.8, 4) is 0 Å². The van der Waals surface area contributed by atoms with Crippen LogP contribution in [0.2, 0.25) is 0 Å². The third-order valence-electron chi connectivity index (χ3n) is 1.12. The Morgan fingerprint density at radius 2 is 1.64 bits per heavy atom. The van der Waals surface area contributed by atoms with Gasteiger partial charge in [0.2, 0.25) is 0 Å². The van der Waals surface area contributed by atoms with Gasteiger partial charge in [0.25, 0.3) is 0 Å². The minimum atomic E-state index is -4.60. The highest BCUT2D eigenvalue weighted by Crippen LogP contribution is 2.29. The Morgan fingerprint density at radius 3 is 1.73 bits per heavy atom. The van der Waals surface area contributed by atoms with E-state index >= 15 is 0 Å². The van der Waals surface area contributed by atoms with Crippen LogP contribution in [0.15, 0.2) is 0 Å². The molecule has 0 aromatic rings. The maximum atomic E-state index is 11.8. The van der Waals surface area contributed by atoms with Crippen molar-refractivity contribution in [3.63, 3.8) is 0 Å². The van der Waals surface area contributed by atoms with Crippen molar-refractivity contribution in [2.24, 2.45) is 0 Å². The van der Waals surface area contributed by atoms with Crippen LogP contribution < -0.4 is 5.32 Å². The van der Waals surface area contributed by atoms with E-state index in [0.717, 1.165) is 0 Å². The summed E-state index contributed by atoms with van der Waals surface area (Å²) in [6.45, 7) is 1.42. The highest BCUT2D eigenvalue weighted by Gasteiger charge is 2.48. The summed E-state index contributed by atoms with van der Waals surface area (Å²) in [5.74, 6) is 0.